The second kappa shape index (κ2) is 5.68. The van der Waals surface area contributed by atoms with Crippen LogP contribution in [0.15, 0.2) is 0 Å². The molecule has 2 fully saturated rings. The number of rotatable bonds is 4. The van der Waals surface area contributed by atoms with Crippen molar-refractivity contribution in [2.45, 2.75) is 37.3 Å². The Morgan fingerprint density at radius 1 is 1.42 bits per heavy atom. The monoisotopic (exact) mass is 289 g/mol. The molecular weight excluding hydrogens is 262 g/mol. The van der Waals surface area contributed by atoms with Gasteiger partial charge in [0.25, 0.3) is 0 Å². The third kappa shape index (κ3) is 3.29. The van der Waals surface area contributed by atoms with E-state index in [-0.39, 0.29) is 11.3 Å². The van der Waals surface area contributed by atoms with Crippen LogP contribution in [0.1, 0.15) is 25.7 Å². The predicted octanol–water partition coefficient (Wildman–Crippen LogP) is -0.0815. The smallest absolute Gasteiger partial charge is 0.152 e. The van der Waals surface area contributed by atoms with Gasteiger partial charge < -0.3 is 10.6 Å². The average Bonchev–Trinajstić information content (AvgIpc) is 2.73. The minimum Gasteiger partial charge on any atom is -0.329 e. The first-order valence-electron chi connectivity index (χ1n) is 7.20. The molecule has 0 aromatic rings. The summed E-state index contributed by atoms with van der Waals surface area (Å²) in [5.41, 5.74) is 5.60. The summed E-state index contributed by atoms with van der Waals surface area (Å²) in [5.74, 6) is 0.551. The molecule has 19 heavy (non-hydrogen) atoms. The van der Waals surface area contributed by atoms with Gasteiger partial charge in [-0.2, -0.15) is 0 Å². The molecule has 2 aliphatic heterocycles. The van der Waals surface area contributed by atoms with E-state index < -0.39 is 9.84 Å². The van der Waals surface area contributed by atoms with Crippen LogP contribution in [0.4, 0.5) is 0 Å². The van der Waals surface area contributed by atoms with Crippen molar-refractivity contribution in [2.75, 3.05) is 45.2 Å². The maximum atomic E-state index is 11.9. The molecule has 6 heteroatoms. The Morgan fingerprint density at radius 2 is 2.16 bits per heavy atom. The number of nitrogens with two attached hydrogens (primary N) is 1. The van der Waals surface area contributed by atoms with E-state index in [4.69, 9.17) is 5.73 Å². The van der Waals surface area contributed by atoms with E-state index >= 15 is 0 Å². The highest BCUT2D eigenvalue weighted by molar-refractivity contribution is 7.91. The summed E-state index contributed by atoms with van der Waals surface area (Å²) < 4.78 is 23.9. The maximum absolute atomic E-state index is 11.9. The molecule has 0 aromatic carbocycles. The van der Waals surface area contributed by atoms with Crippen LogP contribution in [0.2, 0.25) is 0 Å². The van der Waals surface area contributed by atoms with E-state index in [1.165, 1.54) is 12.8 Å². The zero-order valence-corrected chi connectivity index (χ0v) is 13.0. The van der Waals surface area contributed by atoms with Crippen LogP contribution in [-0.4, -0.2) is 75.0 Å². The lowest BCUT2D eigenvalue weighted by atomic mass is 9.93. The van der Waals surface area contributed by atoms with Crippen LogP contribution in [0, 0.1) is 0 Å². The maximum Gasteiger partial charge on any atom is 0.152 e. The van der Waals surface area contributed by atoms with Crippen molar-refractivity contribution in [3.63, 3.8) is 0 Å². The topological polar surface area (TPSA) is 66.6 Å². The number of likely N-dealkylation sites (tertiary alicyclic amines) is 1. The van der Waals surface area contributed by atoms with E-state index in [1.807, 2.05) is 7.05 Å². The molecule has 0 aromatic heterocycles. The van der Waals surface area contributed by atoms with Crippen LogP contribution in [0.3, 0.4) is 0 Å². The Kier molecular flexibility index (Phi) is 4.55. The van der Waals surface area contributed by atoms with Crippen LogP contribution in [0.25, 0.3) is 0 Å². The highest BCUT2D eigenvalue weighted by atomic mass is 32.2. The van der Waals surface area contributed by atoms with Crippen LogP contribution >= 0.6 is 0 Å². The standard InChI is InChI=1S/C13H27N3O2S/c1-15-7-3-5-12(15)9-16(2)13(10-14)6-4-8-19(17,18)11-13/h12H,3-11,14H2,1-2H3. The highest BCUT2D eigenvalue weighted by Crippen LogP contribution is 2.29. The van der Waals surface area contributed by atoms with Crippen LogP contribution in [-0.2, 0) is 9.84 Å². The molecule has 2 rings (SSSR count). The van der Waals surface area contributed by atoms with Crippen molar-refractivity contribution < 1.29 is 8.42 Å². The fourth-order valence-electron chi connectivity index (χ4n) is 3.51. The van der Waals surface area contributed by atoms with Gasteiger partial charge in [0, 0.05) is 24.7 Å². The lowest BCUT2D eigenvalue weighted by Gasteiger charge is -2.45. The summed E-state index contributed by atoms with van der Waals surface area (Å²) in [6.45, 7) is 2.49. The van der Waals surface area contributed by atoms with E-state index in [0.29, 0.717) is 18.3 Å². The third-order valence-corrected chi connectivity index (χ3v) is 6.82. The quantitative estimate of drug-likeness (QED) is 0.784. The summed E-state index contributed by atoms with van der Waals surface area (Å²) in [7, 11) is 1.26. The fraction of sp³-hybridized carbons (Fsp3) is 1.00. The van der Waals surface area contributed by atoms with E-state index in [2.05, 4.69) is 16.8 Å². The molecular formula is C13H27N3O2S. The van der Waals surface area contributed by atoms with Gasteiger partial charge in [-0.1, -0.05) is 0 Å². The van der Waals surface area contributed by atoms with Crippen molar-refractivity contribution in [3.8, 4) is 0 Å². The van der Waals surface area contributed by atoms with Gasteiger partial charge in [-0.15, -0.1) is 0 Å². The number of hydrogen-bond donors (Lipinski definition) is 1. The summed E-state index contributed by atoms with van der Waals surface area (Å²) in [6, 6.07) is 0.540. The molecule has 112 valence electrons. The molecule has 0 saturated carbocycles. The Morgan fingerprint density at radius 3 is 2.68 bits per heavy atom. The highest BCUT2D eigenvalue weighted by Gasteiger charge is 2.42. The molecule has 5 nitrogen and oxygen atoms in total. The minimum absolute atomic E-state index is 0.226. The molecule has 2 atom stereocenters. The first kappa shape index (κ1) is 15.2. The van der Waals surface area contributed by atoms with Crippen molar-refractivity contribution in [1.82, 2.24) is 9.80 Å². The molecule has 2 heterocycles. The average molecular weight is 289 g/mol. The third-order valence-electron chi connectivity index (χ3n) is 4.93. The number of likely N-dealkylation sites (N-methyl/N-ethyl adjacent to an activating group) is 2. The Labute approximate surface area is 117 Å². The number of nitrogens with zero attached hydrogens (tertiary/aromatic N) is 2. The summed E-state index contributed by atoms with van der Waals surface area (Å²) in [4.78, 5) is 4.59. The SMILES string of the molecule is CN1CCCC1CN(C)C1(CN)CCCS(=O)(=O)C1. The van der Waals surface area contributed by atoms with E-state index in [1.54, 1.807) is 0 Å². The van der Waals surface area contributed by atoms with Crippen LogP contribution in [0.5, 0.6) is 0 Å². The second-order valence-corrected chi connectivity index (χ2v) is 8.47. The van der Waals surface area contributed by atoms with Gasteiger partial charge in [0.2, 0.25) is 0 Å². The van der Waals surface area contributed by atoms with Crippen molar-refractivity contribution in [1.29, 1.82) is 0 Å². The second-order valence-electron chi connectivity index (χ2n) is 6.28. The molecule has 0 radical (unpaired) electrons. The Bertz CT molecular complexity index is 412. The van der Waals surface area contributed by atoms with Gasteiger partial charge in [0.1, 0.15) is 0 Å². The van der Waals surface area contributed by atoms with E-state index in [0.717, 1.165) is 25.9 Å². The molecule has 2 N–H and O–H groups in total. The largest absolute Gasteiger partial charge is 0.329 e. The molecule has 0 amide bonds. The fourth-order valence-corrected chi connectivity index (χ4v) is 5.54. The summed E-state index contributed by atoms with van der Waals surface area (Å²) in [6.07, 6.45) is 4.08. The first-order chi connectivity index (χ1) is 8.88. The number of hydrogen-bond acceptors (Lipinski definition) is 5. The molecule has 0 spiro atoms. The molecule has 2 unspecified atom stereocenters. The van der Waals surface area contributed by atoms with Gasteiger partial charge in [-0.05, 0) is 46.3 Å². The zero-order chi connectivity index (χ0) is 14.1. The van der Waals surface area contributed by atoms with Gasteiger partial charge in [-0.25, -0.2) is 8.42 Å². The summed E-state index contributed by atoms with van der Waals surface area (Å²) >= 11 is 0. The normalized spacial score (nSPS) is 35.9. The summed E-state index contributed by atoms with van der Waals surface area (Å²) in [5, 5.41) is 0. The number of sulfone groups is 1. The predicted molar refractivity (Wildman–Crippen MR) is 78.0 cm³/mol. The first-order valence-corrected chi connectivity index (χ1v) is 9.03. The van der Waals surface area contributed by atoms with Crippen molar-refractivity contribution in [3.05, 3.63) is 0 Å². The lowest BCUT2D eigenvalue weighted by Crippen LogP contribution is -2.60. The minimum atomic E-state index is -2.93. The molecule has 2 aliphatic rings. The van der Waals surface area contributed by atoms with Gasteiger partial charge in [-0.3, -0.25) is 4.90 Å². The Balaban J connectivity index is 2.07. The van der Waals surface area contributed by atoms with Crippen LogP contribution < -0.4 is 5.73 Å². The lowest BCUT2D eigenvalue weighted by molar-refractivity contribution is 0.101. The van der Waals surface area contributed by atoms with Gasteiger partial charge >= 0.3 is 0 Å². The van der Waals surface area contributed by atoms with Crippen molar-refractivity contribution >= 4 is 9.84 Å². The van der Waals surface area contributed by atoms with Crippen molar-refractivity contribution in [2.24, 2.45) is 5.73 Å². The molecule has 0 bridgehead atoms. The Hall–Kier alpha value is -0.170. The molecule has 0 aliphatic carbocycles. The van der Waals surface area contributed by atoms with Gasteiger partial charge in [0.05, 0.1) is 11.5 Å². The zero-order valence-electron chi connectivity index (χ0n) is 12.1. The van der Waals surface area contributed by atoms with E-state index in [9.17, 15) is 8.42 Å². The molecule has 2 saturated heterocycles. The van der Waals surface area contributed by atoms with Gasteiger partial charge in [0.15, 0.2) is 9.84 Å².